The van der Waals surface area contributed by atoms with Crippen LogP contribution in [0.3, 0.4) is 0 Å². The van der Waals surface area contributed by atoms with Crippen LogP contribution in [0.4, 0.5) is 17.1 Å². The van der Waals surface area contributed by atoms with Crippen molar-refractivity contribution < 1.29 is 0 Å². The number of benzene rings is 10. The molecule has 0 atom stereocenters. The van der Waals surface area contributed by atoms with Crippen LogP contribution in [0, 0.1) is 0 Å². The highest BCUT2D eigenvalue weighted by Gasteiger charge is 2.38. The molecule has 65 heavy (non-hydrogen) atoms. The molecule has 0 aliphatic heterocycles. The summed E-state index contributed by atoms with van der Waals surface area (Å²) in [6, 6.07) is 83.3. The van der Waals surface area contributed by atoms with E-state index in [0.29, 0.717) is 0 Å². The van der Waals surface area contributed by atoms with Gasteiger partial charge in [0, 0.05) is 27.6 Å². The Labute approximate surface area is 383 Å². The molecule has 0 N–H and O–H groups in total. The van der Waals surface area contributed by atoms with Gasteiger partial charge in [0.15, 0.2) is 0 Å². The largest absolute Gasteiger partial charge is 0.309 e. The van der Waals surface area contributed by atoms with E-state index in [1.165, 1.54) is 99.8 Å². The smallest absolute Gasteiger partial charge is 0.0546 e. The molecule has 2 aliphatic rings. The second kappa shape index (κ2) is 14.9. The Hall–Kier alpha value is -7.74. The number of anilines is 3. The lowest BCUT2D eigenvalue weighted by molar-refractivity contribution is 0.660. The van der Waals surface area contributed by atoms with Crippen LogP contribution in [-0.2, 0) is 10.8 Å². The summed E-state index contributed by atoms with van der Waals surface area (Å²) in [7, 11) is 0. The molecule has 1 heteroatoms. The van der Waals surface area contributed by atoms with Crippen LogP contribution in [0.1, 0.15) is 49.9 Å². The van der Waals surface area contributed by atoms with Gasteiger partial charge in [-0.05, 0) is 119 Å². The molecule has 2 aliphatic carbocycles. The molecule has 0 amide bonds. The van der Waals surface area contributed by atoms with Crippen molar-refractivity contribution in [1.82, 2.24) is 0 Å². The fraction of sp³-hybridized carbons (Fsp3) is 0.0938. The molecule has 0 heterocycles. The van der Waals surface area contributed by atoms with Crippen LogP contribution in [0.15, 0.2) is 224 Å². The normalized spacial score (nSPS) is 13.8. The van der Waals surface area contributed by atoms with E-state index >= 15 is 0 Å². The second-order valence-corrected chi connectivity index (χ2v) is 18.8. The van der Waals surface area contributed by atoms with E-state index in [0.717, 1.165) is 17.1 Å². The SMILES string of the molecule is CC1(C)c2ccccc2-c2ccc(-c3ccccc3N(c3ccc(-c4ccccc4-c4cccc5c4C(C)(C)c4ccccc4-5)cc3)c3ccc4ccccc4c3-c3ccccc3)cc21. The second-order valence-electron chi connectivity index (χ2n) is 18.8. The summed E-state index contributed by atoms with van der Waals surface area (Å²) < 4.78 is 0. The first-order valence-corrected chi connectivity index (χ1v) is 22.9. The Bertz CT molecular complexity index is 3480. The van der Waals surface area contributed by atoms with Crippen molar-refractivity contribution in [2.45, 2.75) is 38.5 Å². The number of nitrogens with zero attached hydrogens (tertiary/aromatic N) is 1. The number of fused-ring (bicyclic) bond motifs is 7. The van der Waals surface area contributed by atoms with Gasteiger partial charge in [-0.15, -0.1) is 0 Å². The van der Waals surface area contributed by atoms with Crippen molar-refractivity contribution in [2.24, 2.45) is 0 Å². The van der Waals surface area contributed by atoms with E-state index in [4.69, 9.17) is 0 Å². The lowest BCUT2D eigenvalue weighted by atomic mass is 9.78. The third kappa shape index (κ3) is 6.06. The van der Waals surface area contributed by atoms with Crippen LogP contribution < -0.4 is 4.90 Å². The molecule has 0 saturated heterocycles. The van der Waals surface area contributed by atoms with Crippen molar-refractivity contribution in [3.63, 3.8) is 0 Å². The van der Waals surface area contributed by atoms with E-state index < -0.39 is 0 Å². The zero-order valence-electron chi connectivity index (χ0n) is 37.3. The third-order valence-corrected chi connectivity index (χ3v) is 14.5. The Morgan fingerprint density at radius 3 is 1.60 bits per heavy atom. The highest BCUT2D eigenvalue weighted by molar-refractivity contribution is 6.06. The molecule has 310 valence electrons. The van der Waals surface area contributed by atoms with Gasteiger partial charge in [0.25, 0.3) is 0 Å². The Morgan fingerprint density at radius 2 is 0.846 bits per heavy atom. The molecule has 0 spiro atoms. The van der Waals surface area contributed by atoms with Gasteiger partial charge in [0.05, 0.1) is 11.4 Å². The van der Waals surface area contributed by atoms with E-state index in [-0.39, 0.29) is 10.8 Å². The molecule has 0 aromatic heterocycles. The predicted octanol–water partition coefficient (Wildman–Crippen LogP) is 17.6. The van der Waals surface area contributed by atoms with Gasteiger partial charge in [-0.1, -0.05) is 222 Å². The number of hydrogen-bond acceptors (Lipinski definition) is 1. The van der Waals surface area contributed by atoms with Crippen molar-refractivity contribution in [3.8, 4) is 66.8 Å². The van der Waals surface area contributed by atoms with E-state index in [2.05, 4.69) is 257 Å². The molecule has 0 bridgehead atoms. The van der Waals surface area contributed by atoms with E-state index in [9.17, 15) is 0 Å². The molecule has 10 aromatic carbocycles. The first kappa shape index (κ1) is 38.9. The predicted molar refractivity (Wildman–Crippen MR) is 276 cm³/mol. The van der Waals surface area contributed by atoms with Crippen molar-refractivity contribution >= 4 is 27.8 Å². The van der Waals surface area contributed by atoms with E-state index in [1.54, 1.807) is 0 Å². The van der Waals surface area contributed by atoms with Crippen LogP contribution in [-0.4, -0.2) is 0 Å². The fourth-order valence-corrected chi connectivity index (χ4v) is 11.4. The Morgan fingerprint density at radius 1 is 0.308 bits per heavy atom. The van der Waals surface area contributed by atoms with Gasteiger partial charge in [-0.25, -0.2) is 0 Å². The summed E-state index contributed by atoms with van der Waals surface area (Å²) in [6.07, 6.45) is 0. The maximum absolute atomic E-state index is 2.50. The minimum absolute atomic E-state index is 0.110. The number of hydrogen-bond donors (Lipinski definition) is 0. The summed E-state index contributed by atoms with van der Waals surface area (Å²) in [5.74, 6) is 0. The molecule has 0 radical (unpaired) electrons. The van der Waals surface area contributed by atoms with Crippen LogP contribution in [0.25, 0.3) is 77.5 Å². The minimum Gasteiger partial charge on any atom is -0.309 e. The minimum atomic E-state index is -0.123. The van der Waals surface area contributed by atoms with E-state index in [1.807, 2.05) is 0 Å². The quantitative estimate of drug-likeness (QED) is 0.155. The summed E-state index contributed by atoms with van der Waals surface area (Å²) in [5, 5.41) is 2.44. The van der Waals surface area contributed by atoms with Gasteiger partial charge in [-0.2, -0.15) is 0 Å². The summed E-state index contributed by atoms with van der Waals surface area (Å²) in [4.78, 5) is 2.50. The van der Waals surface area contributed by atoms with Crippen LogP contribution in [0.5, 0.6) is 0 Å². The first-order valence-electron chi connectivity index (χ1n) is 22.9. The molecular weight excluding hydrogens is 783 g/mol. The summed E-state index contributed by atoms with van der Waals surface area (Å²) in [5.41, 5.74) is 23.8. The maximum atomic E-state index is 2.50. The average molecular weight is 832 g/mol. The Kier molecular flexibility index (Phi) is 8.94. The fourth-order valence-electron chi connectivity index (χ4n) is 11.4. The third-order valence-electron chi connectivity index (χ3n) is 14.5. The van der Waals surface area contributed by atoms with Crippen molar-refractivity contribution in [2.75, 3.05) is 4.90 Å². The highest BCUT2D eigenvalue weighted by atomic mass is 15.1. The van der Waals surface area contributed by atoms with Crippen molar-refractivity contribution in [1.29, 1.82) is 0 Å². The lowest BCUT2D eigenvalue weighted by Crippen LogP contribution is -2.16. The molecule has 0 unspecified atom stereocenters. The number of rotatable bonds is 7. The van der Waals surface area contributed by atoms with Crippen LogP contribution >= 0.6 is 0 Å². The van der Waals surface area contributed by atoms with Gasteiger partial charge in [0.2, 0.25) is 0 Å². The summed E-state index contributed by atoms with van der Waals surface area (Å²) >= 11 is 0. The zero-order chi connectivity index (χ0) is 43.9. The van der Waals surface area contributed by atoms with Gasteiger partial charge < -0.3 is 4.90 Å². The standard InChI is InChI=1S/C64H49N/c1-63(2)56-30-15-12-26-51(56)53-39-35-45(41-58(53)63)48-23-14-17-32-59(48)65(60-40-36-42-19-8-9-24-49(42)61(60)44-20-6-5-7-21-44)46-37-33-43(34-38-46)47-22-10-11-25-50(47)54-28-18-29-55-52-27-13-16-31-57(52)64(3,4)62(54)55/h5-41H,1-4H3. The first-order chi connectivity index (χ1) is 31.8. The number of para-hydroxylation sites is 1. The van der Waals surface area contributed by atoms with Crippen molar-refractivity contribution in [3.05, 3.63) is 247 Å². The highest BCUT2D eigenvalue weighted by Crippen LogP contribution is 2.54. The molecule has 0 saturated carbocycles. The molecule has 10 aromatic rings. The Balaban J connectivity index is 1.04. The summed E-state index contributed by atoms with van der Waals surface area (Å²) in [6.45, 7) is 9.49. The zero-order valence-corrected chi connectivity index (χ0v) is 37.3. The molecule has 0 fully saturated rings. The molecule has 12 rings (SSSR count). The van der Waals surface area contributed by atoms with Gasteiger partial charge >= 0.3 is 0 Å². The average Bonchev–Trinajstić information content (AvgIpc) is 3.74. The molecule has 1 nitrogen and oxygen atoms in total. The lowest BCUT2D eigenvalue weighted by Gasteiger charge is -2.31. The topological polar surface area (TPSA) is 3.24 Å². The monoisotopic (exact) mass is 831 g/mol. The maximum Gasteiger partial charge on any atom is 0.0546 e. The van der Waals surface area contributed by atoms with Gasteiger partial charge in [0.1, 0.15) is 0 Å². The van der Waals surface area contributed by atoms with Crippen LogP contribution in [0.2, 0.25) is 0 Å². The van der Waals surface area contributed by atoms with Gasteiger partial charge in [-0.3, -0.25) is 0 Å². The molecular formula is C64H49N.